The highest BCUT2D eigenvalue weighted by Gasteiger charge is 2.40. The van der Waals surface area contributed by atoms with Crippen LogP contribution in [-0.4, -0.2) is 23.8 Å². The van der Waals surface area contributed by atoms with Gasteiger partial charge in [-0.15, -0.1) is 0 Å². The molecular weight excluding hydrogens is 310 g/mol. The number of hydrogen-bond acceptors (Lipinski definition) is 2. The van der Waals surface area contributed by atoms with E-state index in [1.165, 1.54) is 0 Å². The first-order valence-corrected chi connectivity index (χ1v) is 7.94. The summed E-state index contributed by atoms with van der Waals surface area (Å²) in [6, 6.07) is 11.6. The maximum absolute atomic E-state index is 8.21. The van der Waals surface area contributed by atoms with Crippen LogP contribution in [0.25, 0.3) is 21.9 Å². The smallest absolute Gasteiger partial charge is 0.331 e. The molecule has 3 rings (SSSR count). The summed E-state index contributed by atoms with van der Waals surface area (Å²) in [6.45, 7) is 7.51. The first-order chi connectivity index (χ1) is 10.7. The minimum absolute atomic E-state index is 0.577. The molecule has 119 valence electrons. The van der Waals surface area contributed by atoms with E-state index < -0.39 is 11.2 Å². The lowest BCUT2D eigenvalue weighted by molar-refractivity contribution is -0.0893. The van der Waals surface area contributed by atoms with Gasteiger partial charge in [0.15, 0.2) is 11.2 Å². The third kappa shape index (κ3) is 2.87. The molecule has 23 heavy (non-hydrogen) atoms. The van der Waals surface area contributed by atoms with Crippen LogP contribution in [-0.2, 0) is 4.65 Å². The standard InChI is InChI=1S/C18H19BClO3/c1-17(2,21)18(3,4)23-19-12-9-10-13(20)16-15(12)11-7-5-6-8-14(11)22-16/h5-10,21H,1-4H3/p+1. The van der Waals surface area contributed by atoms with Gasteiger partial charge in [-0.25, -0.2) is 0 Å². The topological polar surface area (TPSA) is 45.3 Å². The van der Waals surface area contributed by atoms with Gasteiger partial charge in [-0.1, -0.05) is 35.9 Å². The Hall–Kier alpha value is -1.49. The Morgan fingerprint density at radius 2 is 1.78 bits per heavy atom. The van der Waals surface area contributed by atoms with Crippen molar-refractivity contribution in [3.05, 3.63) is 41.4 Å². The lowest BCUT2D eigenvalue weighted by atomic mass is 9.80. The van der Waals surface area contributed by atoms with Crippen molar-refractivity contribution in [1.29, 1.82) is 0 Å². The fourth-order valence-electron chi connectivity index (χ4n) is 2.28. The monoisotopic (exact) mass is 330 g/mol. The molecule has 0 fully saturated rings. The van der Waals surface area contributed by atoms with Gasteiger partial charge in [0.2, 0.25) is 0 Å². The van der Waals surface area contributed by atoms with Gasteiger partial charge in [-0.3, -0.25) is 0 Å². The Kier molecular flexibility index (Phi) is 3.95. The number of benzene rings is 2. The molecule has 0 saturated carbocycles. The largest absolute Gasteiger partial charge is 0.455 e. The molecule has 2 aromatic carbocycles. The van der Waals surface area contributed by atoms with Crippen LogP contribution in [0.3, 0.4) is 0 Å². The molecule has 1 aromatic heterocycles. The normalized spacial score (nSPS) is 13.0. The number of hydrogen-bond donors (Lipinski definition) is 0. The summed E-state index contributed by atoms with van der Waals surface area (Å²) >= 11 is 6.28. The Morgan fingerprint density at radius 3 is 2.48 bits per heavy atom. The highest BCUT2D eigenvalue weighted by atomic mass is 35.5. The second-order valence-electron chi connectivity index (χ2n) is 6.81. The minimum atomic E-state index is -0.729. The van der Waals surface area contributed by atoms with E-state index in [1.807, 2.05) is 58.0 Å². The lowest BCUT2D eigenvalue weighted by Gasteiger charge is -2.33. The summed E-state index contributed by atoms with van der Waals surface area (Å²) in [5.74, 6) is 0. The van der Waals surface area contributed by atoms with Crippen LogP contribution in [0.2, 0.25) is 5.02 Å². The van der Waals surface area contributed by atoms with E-state index in [1.54, 1.807) is 13.5 Å². The van der Waals surface area contributed by atoms with Crippen molar-refractivity contribution in [3.8, 4) is 0 Å². The molecule has 1 radical (unpaired) electrons. The number of halogens is 1. The average Bonchev–Trinajstić information content (AvgIpc) is 2.86. The predicted octanol–water partition coefficient (Wildman–Crippen LogP) is 3.78. The molecule has 0 unspecified atom stereocenters. The third-order valence-electron chi connectivity index (χ3n) is 4.50. The average molecular weight is 331 g/mol. The molecule has 0 saturated heterocycles. The fourth-order valence-corrected chi connectivity index (χ4v) is 2.47. The molecule has 0 spiro atoms. The molecule has 3 aromatic rings. The number of rotatable bonds is 4. The fraction of sp³-hybridized carbons (Fsp3) is 0.333. The summed E-state index contributed by atoms with van der Waals surface area (Å²) in [6.07, 6.45) is 0. The SMILES string of the molecule is CC(C)([OH2+])C(C)(C)O[B]c1ccc(Cl)c2oc3ccccc3c12. The van der Waals surface area contributed by atoms with Crippen molar-refractivity contribution in [2.45, 2.75) is 38.9 Å². The maximum atomic E-state index is 8.21. The van der Waals surface area contributed by atoms with Gasteiger partial charge in [-0.2, -0.15) is 0 Å². The van der Waals surface area contributed by atoms with E-state index in [0.29, 0.717) is 10.6 Å². The van der Waals surface area contributed by atoms with Gasteiger partial charge in [0, 0.05) is 24.6 Å². The first-order valence-electron chi connectivity index (χ1n) is 7.56. The van der Waals surface area contributed by atoms with Gasteiger partial charge < -0.3 is 14.2 Å². The third-order valence-corrected chi connectivity index (χ3v) is 4.79. The summed E-state index contributed by atoms with van der Waals surface area (Å²) < 4.78 is 11.8. The molecule has 0 aliphatic heterocycles. The van der Waals surface area contributed by atoms with Crippen molar-refractivity contribution in [2.75, 3.05) is 0 Å². The molecule has 0 amide bonds. The van der Waals surface area contributed by atoms with Crippen molar-refractivity contribution in [3.63, 3.8) is 0 Å². The zero-order valence-corrected chi connectivity index (χ0v) is 14.5. The molecule has 5 heteroatoms. The minimum Gasteiger partial charge on any atom is -0.455 e. The van der Waals surface area contributed by atoms with Gasteiger partial charge in [-0.05, 0) is 31.4 Å². The van der Waals surface area contributed by atoms with E-state index in [0.717, 1.165) is 21.8 Å². The molecule has 0 bridgehead atoms. The Bertz CT molecular complexity index is 862. The molecular formula is C18H20BClO3+. The van der Waals surface area contributed by atoms with Crippen molar-refractivity contribution in [1.82, 2.24) is 0 Å². The van der Waals surface area contributed by atoms with Gasteiger partial charge >= 0.3 is 7.48 Å². The molecule has 3 nitrogen and oxygen atoms in total. The van der Waals surface area contributed by atoms with Crippen LogP contribution in [0.1, 0.15) is 27.7 Å². The van der Waals surface area contributed by atoms with Crippen molar-refractivity contribution in [2.24, 2.45) is 0 Å². The second kappa shape index (κ2) is 5.55. The molecule has 0 aliphatic rings. The van der Waals surface area contributed by atoms with E-state index in [-0.39, 0.29) is 0 Å². The Morgan fingerprint density at radius 1 is 1.09 bits per heavy atom. The maximum Gasteiger partial charge on any atom is 0.331 e. The van der Waals surface area contributed by atoms with Crippen molar-refractivity contribution < 1.29 is 14.2 Å². The Balaban J connectivity index is 2.07. The second-order valence-corrected chi connectivity index (χ2v) is 7.22. The van der Waals surface area contributed by atoms with Crippen LogP contribution < -0.4 is 5.46 Å². The van der Waals surface area contributed by atoms with Crippen LogP contribution in [0.5, 0.6) is 0 Å². The Labute approximate surface area is 141 Å². The molecule has 1 heterocycles. The zero-order valence-electron chi connectivity index (χ0n) is 13.7. The van der Waals surface area contributed by atoms with E-state index in [9.17, 15) is 0 Å². The van der Waals surface area contributed by atoms with Gasteiger partial charge in [0.05, 0.1) is 5.02 Å². The first kappa shape index (κ1) is 16.4. The molecule has 0 aliphatic carbocycles. The summed E-state index contributed by atoms with van der Waals surface area (Å²) in [7, 11) is 1.71. The molecule has 0 atom stereocenters. The van der Waals surface area contributed by atoms with Crippen LogP contribution in [0.4, 0.5) is 0 Å². The number of para-hydroxylation sites is 1. The summed E-state index contributed by atoms with van der Waals surface area (Å²) in [4.78, 5) is 0. The van der Waals surface area contributed by atoms with E-state index in [4.69, 9.17) is 25.8 Å². The lowest BCUT2D eigenvalue weighted by Crippen LogP contribution is -2.49. The summed E-state index contributed by atoms with van der Waals surface area (Å²) in [5.41, 5.74) is 0.997. The quantitative estimate of drug-likeness (QED) is 0.540. The predicted molar refractivity (Wildman–Crippen MR) is 97.0 cm³/mol. The van der Waals surface area contributed by atoms with E-state index >= 15 is 0 Å². The van der Waals surface area contributed by atoms with Crippen LogP contribution in [0, 0.1) is 0 Å². The van der Waals surface area contributed by atoms with Gasteiger partial charge in [0.1, 0.15) is 11.2 Å². The van der Waals surface area contributed by atoms with E-state index in [2.05, 4.69) is 0 Å². The highest BCUT2D eigenvalue weighted by Crippen LogP contribution is 2.32. The van der Waals surface area contributed by atoms with Crippen molar-refractivity contribution >= 4 is 46.5 Å². The highest BCUT2D eigenvalue weighted by molar-refractivity contribution is 6.54. The zero-order chi connectivity index (χ0) is 16.8. The number of fused-ring (bicyclic) bond motifs is 3. The van der Waals surface area contributed by atoms with Gasteiger partial charge in [0.25, 0.3) is 0 Å². The summed E-state index contributed by atoms with van der Waals surface area (Å²) in [5, 5.41) is 10.7. The molecule has 2 N–H and O–H groups in total. The number of furan rings is 1. The van der Waals surface area contributed by atoms with Crippen LogP contribution in [0.15, 0.2) is 40.8 Å². The van der Waals surface area contributed by atoms with Crippen LogP contribution >= 0.6 is 11.6 Å².